The maximum atomic E-state index is 4.27. The number of rotatable bonds is 5. The average Bonchev–Trinajstić information content (AvgIpc) is 2.50. The lowest BCUT2D eigenvalue weighted by atomic mass is 10.0. The van der Waals surface area contributed by atoms with Crippen LogP contribution in [0.4, 0.5) is 0 Å². The van der Waals surface area contributed by atoms with Crippen molar-refractivity contribution in [3.8, 4) is 0 Å². The minimum Gasteiger partial charge on any atom is -0.313 e. The summed E-state index contributed by atoms with van der Waals surface area (Å²) in [6.07, 6.45) is 4.09. The molecule has 15 heavy (non-hydrogen) atoms. The van der Waals surface area contributed by atoms with Crippen LogP contribution in [0.15, 0.2) is 18.3 Å². The van der Waals surface area contributed by atoms with Crippen LogP contribution in [0.1, 0.15) is 37.1 Å². The third kappa shape index (κ3) is 2.93. The highest BCUT2D eigenvalue weighted by atomic mass is 15.3. The summed E-state index contributed by atoms with van der Waals surface area (Å²) in [7, 11) is 3.97. The number of aromatic nitrogens is 2. The molecule has 1 N–H and O–H groups in total. The van der Waals surface area contributed by atoms with E-state index in [0.717, 1.165) is 12.8 Å². The highest BCUT2D eigenvalue weighted by molar-refractivity contribution is 5.20. The van der Waals surface area contributed by atoms with E-state index in [-0.39, 0.29) is 0 Å². The predicted molar refractivity (Wildman–Crippen MR) is 63.8 cm³/mol. The Labute approximate surface area is 92.2 Å². The van der Waals surface area contributed by atoms with Crippen molar-refractivity contribution in [1.29, 1.82) is 0 Å². The van der Waals surface area contributed by atoms with E-state index in [4.69, 9.17) is 0 Å². The second kappa shape index (κ2) is 5.12. The second-order valence-electron chi connectivity index (χ2n) is 4.15. The summed E-state index contributed by atoms with van der Waals surface area (Å²) in [4.78, 5) is 0. The van der Waals surface area contributed by atoms with Crippen LogP contribution in [-0.4, -0.2) is 16.8 Å². The molecule has 1 unspecified atom stereocenters. The van der Waals surface area contributed by atoms with Gasteiger partial charge in [-0.3, -0.25) is 4.68 Å². The summed E-state index contributed by atoms with van der Waals surface area (Å²) in [5, 5.41) is 7.60. The van der Waals surface area contributed by atoms with E-state index in [9.17, 15) is 0 Å². The van der Waals surface area contributed by atoms with Gasteiger partial charge in [-0.2, -0.15) is 5.10 Å². The summed E-state index contributed by atoms with van der Waals surface area (Å²) in [6, 6.07) is 0.385. The Morgan fingerprint density at radius 3 is 2.73 bits per heavy atom. The average molecular weight is 207 g/mol. The van der Waals surface area contributed by atoms with Gasteiger partial charge in [0.05, 0.1) is 6.20 Å². The zero-order chi connectivity index (χ0) is 11.4. The summed E-state index contributed by atoms with van der Waals surface area (Å²) < 4.78 is 1.92. The van der Waals surface area contributed by atoms with Crippen molar-refractivity contribution in [2.75, 3.05) is 7.05 Å². The van der Waals surface area contributed by atoms with Gasteiger partial charge < -0.3 is 5.32 Å². The molecular weight excluding hydrogens is 186 g/mol. The van der Waals surface area contributed by atoms with Gasteiger partial charge in [0.25, 0.3) is 0 Å². The maximum Gasteiger partial charge on any atom is 0.0540 e. The molecular formula is C12H21N3. The third-order valence-corrected chi connectivity index (χ3v) is 2.86. The fourth-order valence-electron chi connectivity index (χ4n) is 1.70. The first-order valence-electron chi connectivity index (χ1n) is 5.36. The lowest BCUT2D eigenvalue weighted by Crippen LogP contribution is -2.17. The van der Waals surface area contributed by atoms with E-state index >= 15 is 0 Å². The molecule has 1 aromatic heterocycles. The topological polar surface area (TPSA) is 29.9 Å². The van der Waals surface area contributed by atoms with Crippen LogP contribution in [0, 0.1) is 6.92 Å². The minimum atomic E-state index is 0.385. The number of nitrogens with one attached hydrogen (secondary N) is 1. The number of nitrogens with zero attached hydrogens (tertiary/aromatic N) is 2. The normalized spacial score (nSPS) is 12.8. The van der Waals surface area contributed by atoms with Gasteiger partial charge in [-0.05, 0) is 33.7 Å². The van der Waals surface area contributed by atoms with Crippen molar-refractivity contribution in [3.63, 3.8) is 0 Å². The molecule has 0 aromatic carbocycles. The van der Waals surface area contributed by atoms with Gasteiger partial charge in [-0.25, -0.2) is 0 Å². The molecule has 0 spiro atoms. The molecule has 0 amide bonds. The van der Waals surface area contributed by atoms with Gasteiger partial charge in [0.2, 0.25) is 0 Å². The molecule has 1 rings (SSSR count). The molecule has 0 bridgehead atoms. The second-order valence-corrected chi connectivity index (χ2v) is 4.15. The van der Waals surface area contributed by atoms with Gasteiger partial charge in [-0.15, -0.1) is 6.58 Å². The van der Waals surface area contributed by atoms with Crippen molar-refractivity contribution in [2.45, 2.75) is 32.7 Å². The standard InChI is InChI=1S/C12H21N3/c1-9(2)6-7-12(13-4)11-8-14-15(5)10(11)3/h8,12-13H,1,6-7H2,2-5H3. The van der Waals surface area contributed by atoms with Gasteiger partial charge >= 0.3 is 0 Å². The van der Waals surface area contributed by atoms with Crippen LogP contribution in [0.5, 0.6) is 0 Å². The van der Waals surface area contributed by atoms with Crippen LogP contribution < -0.4 is 5.32 Å². The minimum absolute atomic E-state index is 0.385. The number of aryl methyl sites for hydroxylation is 1. The molecule has 0 fully saturated rings. The lowest BCUT2D eigenvalue weighted by Gasteiger charge is -2.15. The number of allylic oxidation sites excluding steroid dienone is 1. The first-order valence-corrected chi connectivity index (χ1v) is 5.36. The van der Waals surface area contributed by atoms with E-state index in [1.165, 1.54) is 16.8 Å². The predicted octanol–water partition coefficient (Wildman–Crippen LogP) is 2.35. The van der Waals surface area contributed by atoms with Crippen LogP contribution >= 0.6 is 0 Å². The molecule has 1 aromatic rings. The van der Waals surface area contributed by atoms with Gasteiger partial charge in [0, 0.05) is 24.3 Å². The summed E-state index contributed by atoms with van der Waals surface area (Å²) >= 11 is 0. The van der Waals surface area contributed by atoms with Crippen molar-refractivity contribution in [1.82, 2.24) is 15.1 Å². The Hall–Kier alpha value is -1.09. The van der Waals surface area contributed by atoms with Crippen molar-refractivity contribution in [3.05, 3.63) is 29.6 Å². The molecule has 1 atom stereocenters. The molecule has 0 saturated carbocycles. The molecule has 0 radical (unpaired) electrons. The molecule has 3 nitrogen and oxygen atoms in total. The van der Waals surface area contributed by atoms with E-state index in [2.05, 4.69) is 30.8 Å². The fraction of sp³-hybridized carbons (Fsp3) is 0.583. The van der Waals surface area contributed by atoms with Crippen molar-refractivity contribution >= 4 is 0 Å². The monoisotopic (exact) mass is 207 g/mol. The summed E-state index contributed by atoms with van der Waals surface area (Å²) in [5.74, 6) is 0. The molecule has 0 saturated heterocycles. The number of hydrogen-bond donors (Lipinski definition) is 1. The quantitative estimate of drug-likeness (QED) is 0.751. The van der Waals surface area contributed by atoms with E-state index in [1.54, 1.807) is 0 Å². The van der Waals surface area contributed by atoms with Gasteiger partial charge in [0.15, 0.2) is 0 Å². The Morgan fingerprint density at radius 1 is 1.67 bits per heavy atom. The first kappa shape index (κ1) is 12.0. The molecule has 0 aliphatic carbocycles. The van der Waals surface area contributed by atoms with Crippen molar-refractivity contribution < 1.29 is 0 Å². The zero-order valence-corrected chi connectivity index (χ0v) is 10.2. The van der Waals surface area contributed by atoms with Crippen molar-refractivity contribution in [2.24, 2.45) is 7.05 Å². The van der Waals surface area contributed by atoms with Crippen LogP contribution in [0.2, 0.25) is 0 Å². The van der Waals surface area contributed by atoms with Gasteiger partial charge in [0.1, 0.15) is 0 Å². The summed E-state index contributed by atoms with van der Waals surface area (Å²) in [6.45, 7) is 8.11. The highest BCUT2D eigenvalue weighted by Crippen LogP contribution is 2.22. The molecule has 0 aliphatic rings. The molecule has 0 aliphatic heterocycles. The molecule has 84 valence electrons. The van der Waals surface area contributed by atoms with Crippen LogP contribution in [0.25, 0.3) is 0 Å². The Kier molecular flexibility index (Phi) is 4.09. The Balaban J connectivity index is 2.74. The Morgan fingerprint density at radius 2 is 2.33 bits per heavy atom. The fourth-order valence-corrected chi connectivity index (χ4v) is 1.70. The molecule has 1 heterocycles. The lowest BCUT2D eigenvalue weighted by molar-refractivity contribution is 0.544. The maximum absolute atomic E-state index is 4.27. The SMILES string of the molecule is C=C(C)CCC(NC)c1cnn(C)c1C. The van der Waals surface area contributed by atoms with Gasteiger partial charge in [-0.1, -0.05) is 5.57 Å². The Bertz CT molecular complexity index is 339. The largest absolute Gasteiger partial charge is 0.313 e. The molecule has 3 heteroatoms. The summed E-state index contributed by atoms with van der Waals surface area (Å²) in [5.41, 5.74) is 3.76. The smallest absolute Gasteiger partial charge is 0.0540 e. The highest BCUT2D eigenvalue weighted by Gasteiger charge is 2.14. The van der Waals surface area contributed by atoms with E-state index < -0.39 is 0 Å². The zero-order valence-electron chi connectivity index (χ0n) is 10.2. The van der Waals surface area contributed by atoms with Crippen LogP contribution in [0.3, 0.4) is 0 Å². The third-order valence-electron chi connectivity index (χ3n) is 2.86. The number of hydrogen-bond acceptors (Lipinski definition) is 2. The first-order chi connectivity index (χ1) is 7.06. The van der Waals surface area contributed by atoms with E-state index in [0.29, 0.717) is 6.04 Å². The van der Waals surface area contributed by atoms with Crippen LogP contribution in [-0.2, 0) is 7.05 Å². The van der Waals surface area contributed by atoms with E-state index in [1.807, 2.05) is 25.0 Å².